The van der Waals surface area contributed by atoms with E-state index in [1.165, 1.54) is 24.3 Å². The third-order valence-electron chi connectivity index (χ3n) is 2.00. The van der Waals surface area contributed by atoms with E-state index < -0.39 is 0 Å². The van der Waals surface area contributed by atoms with Crippen LogP contribution in [-0.4, -0.2) is 19.2 Å². The van der Waals surface area contributed by atoms with Crippen LogP contribution in [0.3, 0.4) is 0 Å². The monoisotopic (exact) mass is 226 g/mol. The highest BCUT2D eigenvalue weighted by molar-refractivity contribution is 5.72. The molecule has 0 aromatic heterocycles. The topological polar surface area (TPSA) is 35.5 Å². The average Bonchev–Trinajstić information content (AvgIpc) is 2.28. The molecule has 1 atom stereocenters. The van der Waals surface area contributed by atoms with E-state index in [0.717, 1.165) is 0 Å². The van der Waals surface area contributed by atoms with Crippen molar-refractivity contribution in [3.05, 3.63) is 30.1 Å². The van der Waals surface area contributed by atoms with Gasteiger partial charge in [-0.2, -0.15) is 0 Å². The normalized spacial score (nSPS) is 11.9. The second-order valence-corrected chi connectivity index (χ2v) is 3.42. The molecule has 0 N–H and O–H groups in total. The fraction of sp³-hybridized carbons (Fsp3) is 0.417. The molecule has 0 fully saturated rings. The molecular formula is C12H15FO3. The first kappa shape index (κ1) is 12.5. The highest BCUT2D eigenvalue weighted by atomic mass is 19.1. The van der Waals surface area contributed by atoms with Crippen LogP contribution in [0.5, 0.6) is 5.75 Å². The first-order valence-corrected chi connectivity index (χ1v) is 5.18. The van der Waals surface area contributed by atoms with E-state index in [2.05, 4.69) is 0 Å². The fourth-order valence-electron chi connectivity index (χ4n) is 1.10. The number of carbonyl (C=O) groups excluding carboxylic acids is 1. The summed E-state index contributed by atoms with van der Waals surface area (Å²) >= 11 is 0. The molecule has 0 saturated carbocycles. The van der Waals surface area contributed by atoms with Crippen molar-refractivity contribution in [3.63, 3.8) is 0 Å². The summed E-state index contributed by atoms with van der Waals surface area (Å²) < 4.78 is 22.7. The number of carbonyl (C=O) groups is 1. The minimum Gasteiger partial charge on any atom is -0.493 e. The predicted molar refractivity (Wildman–Crippen MR) is 57.7 cm³/mol. The Morgan fingerprint density at radius 2 is 2.00 bits per heavy atom. The van der Waals surface area contributed by atoms with Crippen LogP contribution in [-0.2, 0) is 9.53 Å². The Bertz CT molecular complexity index is 335. The number of hydrogen-bond acceptors (Lipinski definition) is 3. The Hall–Kier alpha value is -1.58. The summed E-state index contributed by atoms with van der Waals surface area (Å²) in [5.74, 6) is -0.391. The number of halogens is 1. The summed E-state index contributed by atoms with van der Waals surface area (Å²) in [6.07, 6.45) is 0. The molecule has 1 unspecified atom stereocenters. The SMILES string of the molecule is CCOC(=O)C(C)COc1ccc(F)cc1. The van der Waals surface area contributed by atoms with Crippen LogP contribution in [0.4, 0.5) is 4.39 Å². The van der Waals surface area contributed by atoms with Gasteiger partial charge >= 0.3 is 5.97 Å². The van der Waals surface area contributed by atoms with Crippen LogP contribution in [0.1, 0.15) is 13.8 Å². The van der Waals surface area contributed by atoms with Crippen LogP contribution in [0.25, 0.3) is 0 Å². The molecular weight excluding hydrogens is 211 g/mol. The molecule has 0 radical (unpaired) electrons. The third-order valence-corrected chi connectivity index (χ3v) is 2.00. The van der Waals surface area contributed by atoms with Crippen molar-refractivity contribution in [2.45, 2.75) is 13.8 Å². The highest BCUT2D eigenvalue weighted by Gasteiger charge is 2.14. The largest absolute Gasteiger partial charge is 0.493 e. The molecule has 0 saturated heterocycles. The molecule has 0 spiro atoms. The molecule has 0 heterocycles. The summed E-state index contributed by atoms with van der Waals surface area (Å²) in [6.45, 7) is 4.07. The lowest BCUT2D eigenvalue weighted by molar-refractivity contribution is -0.148. The van der Waals surface area contributed by atoms with Gasteiger partial charge in [0.1, 0.15) is 18.2 Å². The Balaban J connectivity index is 2.39. The number of rotatable bonds is 5. The predicted octanol–water partition coefficient (Wildman–Crippen LogP) is 2.40. The second kappa shape index (κ2) is 6.10. The summed E-state index contributed by atoms with van der Waals surface area (Å²) in [7, 11) is 0. The van der Waals surface area contributed by atoms with Crippen molar-refractivity contribution in [1.82, 2.24) is 0 Å². The van der Waals surface area contributed by atoms with Gasteiger partial charge in [0.15, 0.2) is 0 Å². The minimum atomic E-state index is -0.329. The van der Waals surface area contributed by atoms with E-state index in [-0.39, 0.29) is 24.3 Å². The summed E-state index contributed by atoms with van der Waals surface area (Å²) in [6, 6.07) is 5.66. The van der Waals surface area contributed by atoms with E-state index in [4.69, 9.17) is 9.47 Å². The van der Waals surface area contributed by atoms with Crippen molar-refractivity contribution < 1.29 is 18.7 Å². The molecule has 1 rings (SSSR count). The van der Waals surface area contributed by atoms with Crippen molar-refractivity contribution in [2.24, 2.45) is 5.92 Å². The molecule has 0 bridgehead atoms. The van der Waals surface area contributed by atoms with E-state index in [9.17, 15) is 9.18 Å². The smallest absolute Gasteiger partial charge is 0.312 e. The molecule has 0 aliphatic heterocycles. The van der Waals surface area contributed by atoms with E-state index in [1.807, 2.05) is 0 Å². The van der Waals surface area contributed by atoms with Crippen molar-refractivity contribution >= 4 is 5.97 Å². The van der Waals surface area contributed by atoms with Gasteiger partial charge < -0.3 is 9.47 Å². The number of hydrogen-bond donors (Lipinski definition) is 0. The van der Waals surface area contributed by atoms with Crippen LogP contribution < -0.4 is 4.74 Å². The van der Waals surface area contributed by atoms with Gasteiger partial charge in [0.2, 0.25) is 0 Å². The summed E-state index contributed by atoms with van der Waals surface area (Å²) in [5.41, 5.74) is 0. The molecule has 3 nitrogen and oxygen atoms in total. The first-order valence-electron chi connectivity index (χ1n) is 5.18. The molecule has 1 aromatic carbocycles. The standard InChI is InChI=1S/C12H15FO3/c1-3-15-12(14)9(2)8-16-11-6-4-10(13)5-7-11/h4-7,9H,3,8H2,1-2H3. The molecule has 16 heavy (non-hydrogen) atoms. The quantitative estimate of drug-likeness (QED) is 0.723. The molecule has 0 amide bonds. The van der Waals surface area contributed by atoms with Gasteiger partial charge in [0.25, 0.3) is 0 Å². The summed E-state index contributed by atoms with van der Waals surface area (Å²) in [5, 5.41) is 0. The maximum absolute atomic E-state index is 12.6. The van der Waals surface area contributed by atoms with Gasteiger partial charge in [-0.25, -0.2) is 4.39 Å². The number of esters is 1. The van der Waals surface area contributed by atoms with Crippen molar-refractivity contribution in [1.29, 1.82) is 0 Å². The number of ether oxygens (including phenoxy) is 2. The van der Waals surface area contributed by atoms with Gasteiger partial charge in [-0.1, -0.05) is 0 Å². The lowest BCUT2D eigenvalue weighted by Gasteiger charge is -2.11. The zero-order valence-electron chi connectivity index (χ0n) is 9.40. The lowest BCUT2D eigenvalue weighted by atomic mass is 10.2. The Morgan fingerprint density at radius 3 is 2.56 bits per heavy atom. The van der Waals surface area contributed by atoms with Crippen LogP contribution in [0, 0.1) is 11.7 Å². The van der Waals surface area contributed by atoms with Crippen LogP contribution in [0.15, 0.2) is 24.3 Å². The zero-order chi connectivity index (χ0) is 12.0. The first-order chi connectivity index (χ1) is 7.63. The van der Waals surface area contributed by atoms with Gasteiger partial charge in [-0.05, 0) is 38.1 Å². The van der Waals surface area contributed by atoms with Gasteiger partial charge in [-0.15, -0.1) is 0 Å². The van der Waals surface area contributed by atoms with Crippen molar-refractivity contribution in [2.75, 3.05) is 13.2 Å². The molecule has 4 heteroatoms. The van der Waals surface area contributed by atoms with Gasteiger partial charge in [-0.3, -0.25) is 4.79 Å². The van der Waals surface area contributed by atoms with E-state index in [1.54, 1.807) is 13.8 Å². The van der Waals surface area contributed by atoms with Gasteiger partial charge in [0, 0.05) is 0 Å². The van der Waals surface area contributed by atoms with Crippen molar-refractivity contribution in [3.8, 4) is 5.75 Å². The van der Waals surface area contributed by atoms with E-state index in [0.29, 0.717) is 12.4 Å². The average molecular weight is 226 g/mol. The number of benzene rings is 1. The Labute approximate surface area is 94.2 Å². The maximum atomic E-state index is 12.6. The minimum absolute atomic E-state index is 0.227. The lowest BCUT2D eigenvalue weighted by Crippen LogP contribution is -2.21. The molecule has 0 aliphatic carbocycles. The Morgan fingerprint density at radius 1 is 1.38 bits per heavy atom. The zero-order valence-corrected chi connectivity index (χ0v) is 9.40. The third kappa shape index (κ3) is 3.88. The molecule has 88 valence electrons. The second-order valence-electron chi connectivity index (χ2n) is 3.42. The van der Waals surface area contributed by atoms with E-state index >= 15 is 0 Å². The Kier molecular flexibility index (Phi) is 4.76. The highest BCUT2D eigenvalue weighted by Crippen LogP contribution is 2.12. The molecule has 0 aliphatic rings. The fourth-order valence-corrected chi connectivity index (χ4v) is 1.10. The van der Waals surface area contributed by atoms with Crippen LogP contribution in [0.2, 0.25) is 0 Å². The van der Waals surface area contributed by atoms with Gasteiger partial charge in [0.05, 0.1) is 12.5 Å². The summed E-state index contributed by atoms with van der Waals surface area (Å²) in [4.78, 5) is 11.3. The maximum Gasteiger partial charge on any atom is 0.312 e. The van der Waals surface area contributed by atoms with Crippen LogP contribution >= 0.6 is 0 Å². The molecule has 1 aromatic rings.